The maximum Gasteiger partial charge on any atom is 0.341 e. The Hall–Kier alpha value is -2.11. The van der Waals surface area contributed by atoms with E-state index < -0.39 is 12.0 Å². The van der Waals surface area contributed by atoms with Gasteiger partial charge in [0.1, 0.15) is 11.4 Å². The van der Waals surface area contributed by atoms with Crippen molar-refractivity contribution in [3.63, 3.8) is 0 Å². The summed E-state index contributed by atoms with van der Waals surface area (Å²) in [6.07, 6.45) is 0. The molecule has 6 heteroatoms. The molecule has 0 unspecified atom stereocenters. The van der Waals surface area contributed by atoms with Crippen LogP contribution in [0.4, 0.5) is 10.6 Å². The summed E-state index contributed by atoms with van der Waals surface area (Å²) in [6, 6.07) is 2.41. The highest BCUT2D eigenvalue weighted by atomic mass is 16.5. The molecule has 1 aromatic rings. The van der Waals surface area contributed by atoms with Crippen molar-refractivity contribution in [1.82, 2.24) is 4.98 Å². The van der Waals surface area contributed by atoms with Crippen LogP contribution in [0.15, 0.2) is 12.1 Å². The largest absolute Gasteiger partial charge is 0.462 e. The normalized spacial score (nSPS) is 9.62. The topological polar surface area (TPSA) is 94.3 Å². The maximum absolute atomic E-state index is 11.5. The van der Waals surface area contributed by atoms with E-state index in [4.69, 9.17) is 10.5 Å². The monoisotopic (exact) mass is 223 g/mol. The van der Waals surface area contributed by atoms with Crippen molar-refractivity contribution >= 4 is 17.8 Å². The predicted molar refractivity (Wildman–Crippen MR) is 58.1 cm³/mol. The Balaban J connectivity index is 3.06. The van der Waals surface area contributed by atoms with Crippen molar-refractivity contribution in [2.75, 3.05) is 11.9 Å². The lowest BCUT2D eigenvalue weighted by Gasteiger charge is -2.08. The molecule has 0 atom stereocenters. The lowest BCUT2D eigenvalue weighted by atomic mass is 10.2. The van der Waals surface area contributed by atoms with Gasteiger partial charge in [0.25, 0.3) is 0 Å². The van der Waals surface area contributed by atoms with Crippen LogP contribution >= 0.6 is 0 Å². The molecule has 0 spiro atoms. The summed E-state index contributed by atoms with van der Waals surface area (Å²) < 4.78 is 4.82. The molecule has 16 heavy (non-hydrogen) atoms. The summed E-state index contributed by atoms with van der Waals surface area (Å²) in [5, 5.41) is 2.28. The minimum Gasteiger partial charge on any atom is -0.462 e. The number of nitrogens with two attached hydrogens (primary N) is 1. The number of aryl methyl sites for hydroxylation is 1. The zero-order valence-corrected chi connectivity index (χ0v) is 9.11. The quantitative estimate of drug-likeness (QED) is 0.749. The third-order valence-corrected chi connectivity index (χ3v) is 1.77. The van der Waals surface area contributed by atoms with Gasteiger partial charge in [0.2, 0.25) is 0 Å². The van der Waals surface area contributed by atoms with Crippen LogP contribution < -0.4 is 11.1 Å². The van der Waals surface area contributed by atoms with E-state index in [0.717, 1.165) is 0 Å². The zero-order chi connectivity index (χ0) is 12.1. The molecule has 1 rings (SSSR count). The van der Waals surface area contributed by atoms with Crippen LogP contribution in [0.3, 0.4) is 0 Å². The van der Waals surface area contributed by atoms with Crippen LogP contribution in [0.5, 0.6) is 0 Å². The molecule has 0 radical (unpaired) electrons. The number of pyridine rings is 1. The number of aromatic nitrogens is 1. The van der Waals surface area contributed by atoms with Gasteiger partial charge in [-0.05, 0) is 26.0 Å². The summed E-state index contributed by atoms with van der Waals surface area (Å²) in [4.78, 5) is 26.2. The highest BCUT2D eigenvalue weighted by molar-refractivity contribution is 5.99. The number of rotatable bonds is 3. The van der Waals surface area contributed by atoms with Gasteiger partial charge in [0.15, 0.2) is 0 Å². The molecule has 6 nitrogen and oxygen atoms in total. The number of esters is 1. The average Bonchev–Trinajstić information content (AvgIpc) is 2.16. The Morgan fingerprint density at radius 1 is 1.50 bits per heavy atom. The van der Waals surface area contributed by atoms with Crippen LogP contribution in [0.25, 0.3) is 0 Å². The number of hydrogen-bond acceptors (Lipinski definition) is 4. The van der Waals surface area contributed by atoms with Crippen molar-refractivity contribution in [2.24, 2.45) is 5.73 Å². The maximum atomic E-state index is 11.5. The molecular formula is C10H13N3O3. The minimum atomic E-state index is -0.774. The highest BCUT2D eigenvalue weighted by Crippen LogP contribution is 2.14. The number of ether oxygens (including phenoxy) is 1. The Kier molecular flexibility index (Phi) is 3.82. The summed E-state index contributed by atoms with van der Waals surface area (Å²) in [7, 11) is 0. The van der Waals surface area contributed by atoms with Gasteiger partial charge in [0.05, 0.1) is 6.61 Å². The number of carbonyl (C=O) groups excluding carboxylic acids is 2. The number of primary amides is 1. The molecule has 0 bridgehead atoms. The number of anilines is 1. The Labute approximate surface area is 92.8 Å². The molecule has 1 heterocycles. The van der Waals surface area contributed by atoms with Crippen LogP contribution in [0, 0.1) is 6.92 Å². The summed E-state index contributed by atoms with van der Waals surface area (Å²) in [5.41, 5.74) is 5.83. The van der Waals surface area contributed by atoms with Gasteiger partial charge in [-0.3, -0.25) is 5.32 Å². The molecule has 0 aliphatic heterocycles. The zero-order valence-electron chi connectivity index (χ0n) is 9.11. The van der Waals surface area contributed by atoms with Crippen molar-refractivity contribution in [2.45, 2.75) is 13.8 Å². The molecule has 0 saturated heterocycles. The van der Waals surface area contributed by atoms with Crippen molar-refractivity contribution in [1.29, 1.82) is 0 Å². The van der Waals surface area contributed by atoms with E-state index in [9.17, 15) is 9.59 Å². The molecule has 1 aromatic heterocycles. The van der Waals surface area contributed by atoms with Gasteiger partial charge < -0.3 is 10.5 Å². The van der Waals surface area contributed by atoms with Gasteiger partial charge in [-0.15, -0.1) is 0 Å². The van der Waals surface area contributed by atoms with Gasteiger partial charge in [0, 0.05) is 5.69 Å². The van der Waals surface area contributed by atoms with Crippen molar-refractivity contribution in [3.8, 4) is 0 Å². The van der Waals surface area contributed by atoms with Crippen molar-refractivity contribution < 1.29 is 14.3 Å². The fraction of sp³-hybridized carbons (Fsp3) is 0.300. The Morgan fingerprint density at radius 3 is 2.75 bits per heavy atom. The average molecular weight is 223 g/mol. The first kappa shape index (κ1) is 12.0. The second kappa shape index (κ2) is 5.11. The molecular weight excluding hydrogens is 210 g/mol. The molecule has 0 saturated carbocycles. The molecule has 2 amide bonds. The van der Waals surface area contributed by atoms with E-state index in [1.165, 1.54) is 6.07 Å². The number of amides is 2. The minimum absolute atomic E-state index is 0.117. The number of hydrogen-bond donors (Lipinski definition) is 2. The first-order valence-corrected chi connectivity index (χ1v) is 4.75. The lowest BCUT2D eigenvalue weighted by molar-refractivity contribution is 0.0527. The van der Waals surface area contributed by atoms with Crippen LogP contribution in [0.1, 0.15) is 23.0 Å². The fourth-order valence-electron chi connectivity index (χ4n) is 1.14. The second-order valence-electron chi connectivity index (χ2n) is 3.06. The molecule has 0 aromatic carbocycles. The first-order valence-electron chi connectivity index (χ1n) is 4.75. The second-order valence-corrected chi connectivity index (χ2v) is 3.06. The van der Waals surface area contributed by atoms with E-state index in [1.807, 2.05) is 0 Å². The molecule has 3 N–H and O–H groups in total. The standard InChI is InChI=1S/C10H13N3O3/c1-3-16-9(14)7-5-4-6(2)12-8(7)13-10(11)15/h4-5H,3H2,1-2H3,(H3,11,12,13,15). The molecule has 86 valence electrons. The van der Waals surface area contributed by atoms with Crippen molar-refractivity contribution in [3.05, 3.63) is 23.4 Å². The van der Waals surface area contributed by atoms with Gasteiger partial charge in [-0.25, -0.2) is 14.6 Å². The first-order chi connectivity index (χ1) is 7.54. The molecule has 0 aliphatic carbocycles. The van der Waals surface area contributed by atoms with E-state index in [1.54, 1.807) is 19.9 Å². The van der Waals surface area contributed by atoms with Crippen LogP contribution in [-0.4, -0.2) is 23.6 Å². The fourth-order valence-corrected chi connectivity index (χ4v) is 1.14. The number of carbonyl (C=O) groups is 2. The third-order valence-electron chi connectivity index (χ3n) is 1.77. The molecule has 0 fully saturated rings. The third kappa shape index (κ3) is 2.94. The van der Waals surface area contributed by atoms with E-state index in [0.29, 0.717) is 5.69 Å². The number of nitrogens with one attached hydrogen (secondary N) is 1. The van der Waals surface area contributed by atoms with Gasteiger partial charge in [-0.2, -0.15) is 0 Å². The highest BCUT2D eigenvalue weighted by Gasteiger charge is 2.14. The van der Waals surface area contributed by atoms with Crippen LogP contribution in [-0.2, 0) is 4.74 Å². The Morgan fingerprint density at radius 2 is 2.19 bits per heavy atom. The van der Waals surface area contributed by atoms with E-state index >= 15 is 0 Å². The molecule has 0 aliphatic rings. The van der Waals surface area contributed by atoms with Gasteiger partial charge >= 0.3 is 12.0 Å². The Bertz CT molecular complexity index is 418. The number of urea groups is 1. The van der Waals surface area contributed by atoms with E-state index in [2.05, 4.69) is 10.3 Å². The lowest BCUT2D eigenvalue weighted by Crippen LogP contribution is -2.22. The SMILES string of the molecule is CCOC(=O)c1ccc(C)nc1NC(N)=O. The summed E-state index contributed by atoms with van der Waals surface area (Å²) in [5.74, 6) is -0.426. The van der Waals surface area contributed by atoms with Crippen LogP contribution in [0.2, 0.25) is 0 Å². The summed E-state index contributed by atoms with van der Waals surface area (Å²) in [6.45, 7) is 3.69. The van der Waals surface area contributed by atoms with E-state index in [-0.39, 0.29) is 18.0 Å². The smallest absolute Gasteiger partial charge is 0.341 e. The predicted octanol–water partition coefficient (Wildman–Crippen LogP) is 1.06. The summed E-state index contributed by atoms with van der Waals surface area (Å²) >= 11 is 0. The van der Waals surface area contributed by atoms with Gasteiger partial charge in [-0.1, -0.05) is 0 Å². The number of nitrogens with zero attached hydrogens (tertiary/aromatic N) is 1.